The molecule has 3 aromatic rings. The van der Waals surface area contributed by atoms with E-state index in [1.54, 1.807) is 23.0 Å². The van der Waals surface area contributed by atoms with Crippen molar-refractivity contribution in [3.05, 3.63) is 77.6 Å². The number of amides is 1. The number of aliphatic hydroxyl groups excluding tert-OH is 1. The molecule has 0 radical (unpaired) electrons. The van der Waals surface area contributed by atoms with E-state index in [0.717, 1.165) is 16.8 Å². The maximum atomic E-state index is 12.4. The fraction of sp³-hybridized carbons (Fsp3) is 0.111. The molecule has 0 spiro atoms. The number of carbonyl (C=O) groups excluding carboxylic acids is 1. The van der Waals surface area contributed by atoms with Crippen molar-refractivity contribution in [2.24, 2.45) is 0 Å². The number of benzene rings is 2. The van der Waals surface area contributed by atoms with Crippen molar-refractivity contribution < 1.29 is 9.90 Å². The van der Waals surface area contributed by atoms with Gasteiger partial charge in [0.05, 0.1) is 12.3 Å². The molecule has 23 heavy (non-hydrogen) atoms. The van der Waals surface area contributed by atoms with E-state index in [1.807, 2.05) is 49.4 Å². The van der Waals surface area contributed by atoms with Gasteiger partial charge in [0.1, 0.15) is 0 Å². The fourth-order valence-electron chi connectivity index (χ4n) is 2.26. The molecule has 3 rings (SSSR count). The molecule has 0 aliphatic heterocycles. The lowest BCUT2D eigenvalue weighted by Crippen LogP contribution is -2.14. The van der Waals surface area contributed by atoms with Gasteiger partial charge in [-0.1, -0.05) is 30.3 Å². The van der Waals surface area contributed by atoms with E-state index in [2.05, 4.69) is 10.4 Å². The van der Waals surface area contributed by atoms with Gasteiger partial charge in [0.2, 0.25) is 0 Å². The Morgan fingerprint density at radius 3 is 2.70 bits per heavy atom. The molecule has 1 amide bonds. The van der Waals surface area contributed by atoms with E-state index < -0.39 is 0 Å². The van der Waals surface area contributed by atoms with Gasteiger partial charge in [-0.15, -0.1) is 0 Å². The van der Waals surface area contributed by atoms with Crippen LogP contribution in [-0.2, 0) is 6.61 Å². The van der Waals surface area contributed by atoms with Crippen LogP contribution >= 0.6 is 0 Å². The number of nitrogens with zero attached hydrogens (tertiary/aromatic N) is 2. The van der Waals surface area contributed by atoms with Crippen molar-refractivity contribution in [1.82, 2.24) is 9.78 Å². The number of rotatable bonds is 4. The van der Waals surface area contributed by atoms with E-state index in [1.165, 1.54) is 0 Å². The number of para-hydroxylation sites is 1. The van der Waals surface area contributed by atoms with Crippen molar-refractivity contribution in [1.29, 1.82) is 0 Å². The molecule has 0 aliphatic rings. The van der Waals surface area contributed by atoms with Gasteiger partial charge in [0.15, 0.2) is 5.69 Å². The number of aliphatic hydroxyl groups is 1. The molecule has 1 heterocycles. The van der Waals surface area contributed by atoms with Gasteiger partial charge in [-0.3, -0.25) is 4.79 Å². The molecule has 5 nitrogen and oxygen atoms in total. The van der Waals surface area contributed by atoms with Crippen LogP contribution in [0.15, 0.2) is 60.8 Å². The summed E-state index contributed by atoms with van der Waals surface area (Å²) in [6.07, 6.45) is 1.75. The van der Waals surface area contributed by atoms with E-state index in [0.29, 0.717) is 11.4 Å². The Kier molecular flexibility index (Phi) is 4.21. The summed E-state index contributed by atoms with van der Waals surface area (Å²) in [7, 11) is 0. The van der Waals surface area contributed by atoms with Crippen molar-refractivity contribution in [2.45, 2.75) is 13.5 Å². The van der Waals surface area contributed by atoms with Crippen LogP contribution in [0.25, 0.3) is 5.69 Å². The number of anilines is 1. The first-order valence-electron chi connectivity index (χ1n) is 7.30. The van der Waals surface area contributed by atoms with Gasteiger partial charge < -0.3 is 10.4 Å². The zero-order valence-electron chi connectivity index (χ0n) is 12.7. The zero-order chi connectivity index (χ0) is 16.2. The van der Waals surface area contributed by atoms with Crippen molar-refractivity contribution in [2.75, 3.05) is 5.32 Å². The van der Waals surface area contributed by atoms with Gasteiger partial charge >= 0.3 is 0 Å². The standard InChI is InChI=1S/C18H17N3O2/c1-13-7-8-14(12-22)11-17(13)19-18(23)16-9-10-21(20-16)15-5-3-2-4-6-15/h2-11,22H,12H2,1H3,(H,19,23). The van der Waals surface area contributed by atoms with Crippen LogP contribution in [0.4, 0.5) is 5.69 Å². The van der Waals surface area contributed by atoms with Crippen LogP contribution in [0.1, 0.15) is 21.6 Å². The SMILES string of the molecule is Cc1ccc(CO)cc1NC(=O)c1ccn(-c2ccccc2)n1. The van der Waals surface area contributed by atoms with Crippen molar-refractivity contribution in [3.63, 3.8) is 0 Å². The maximum Gasteiger partial charge on any atom is 0.276 e. The summed E-state index contributed by atoms with van der Waals surface area (Å²) >= 11 is 0. The smallest absolute Gasteiger partial charge is 0.276 e. The van der Waals surface area contributed by atoms with E-state index in [-0.39, 0.29) is 12.5 Å². The summed E-state index contributed by atoms with van der Waals surface area (Å²) in [6.45, 7) is 1.84. The van der Waals surface area contributed by atoms with Gasteiger partial charge in [0, 0.05) is 11.9 Å². The number of hydrogen-bond acceptors (Lipinski definition) is 3. The van der Waals surface area contributed by atoms with Gasteiger partial charge in [-0.2, -0.15) is 5.10 Å². The molecular formula is C18H17N3O2. The Hall–Kier alpha value is -2.92. The second kappa shape index (κ2) is 6.46. The van der Waals surface area contributed by atoms with Crippen LogP contribution in [0.3, 0.4) is 0 Å². The highest BCUT2D eigenvalue weighted by Gasteiger charge is 2.12. The molecule has 5 heteroatoms. The molecule has 0 atom stereocenters. The zero-order valence-corrected chi connectivity index (χ0v) is 12.7. The van der Waals surface area contributed by atoms with E-state index >= 15 is 0 Å². The van der Waals surface area contributed by atoms with Crippen LogP contribution < -0.4 is 5.32 Å². The number of hydrogen-bond donors (Lipinski definition) is 2. The fourth-order valence-corrected chi connectivity index (χ4v) is 2.26. The predicted molar refractivity (Wildman–Crippen MR) is 88.6 cm³/mol. The molecule has 0 bridgehead atoms. The number of nitrogens with one attached hydrogen (secondary N) is 1. The molecule has 1 aromatic heterocycles. The third-order valence-electron chi connectivity index (χ3n) is 3.58. The molecule has 116 valence electrons. The van der Waals surface area contributed by atoms with Crippen LogP contribution in [0.2, 0.25) is 0 Å². The van der Waals surface area contributed by atoms with Crippen molar-refractivity contribution in [3.8, 4) is 5.69 Å². The monoisotopic (exact) mass is 307 g/mol. The quantitative estimate of drug-likeness (QED) is 0.779. The van der Waals surface area contributed by atoms with Crippen LogP contribution in [-0.4, -0.2) is 20.8 Å². The summed E-state index contributed by atoms with van der Waals surface area (Å²) in [5, 5.41) is 16.3. The van der Waals surface area contributed by atoms with Gasteiger partial charge in [-0.25, -0.2) is 4.68 Å². The minimum absolute atomic E-state index is 0.0637. The lowest BCUT2D eigenvalue weighted by Gasteiger charge is -2.08. The number of aryl methyl sites for hydroxylation is 1. The first kappa shape index (κ1) is 15.0. The first-order chi connectivity index (χ1) is 11.2. The van der Waals surface area contributed by atoms with Gasteiger partial charge in [-0.05, 0) is 42.3 Å². The molecule has 0 saturated heterocycles. The Morgan fingerprint density at radius 2 is 1.96 bits per heavy atom. The number of carbonyl (C=O) groups is 1. The Labute approximate surface area is 134 Å². The molecule has 0 saturated carbocycles. The second-order valence-electron chi connectivity index (χ2n) is 5.24. The summed E-state index contributed by atoms with van der Waals surface area (Å²) in [6, 6.07) is 16.7. The van der Waals surface area contributed by atoms with E-state index in [4.69, 9.17) is 0 Å². The summed E-state index contributed by atoms with van der Waals surface area (Å²) in [5.41, 5.74) is 3.59. The topological polar surface area (TPSA) is 67.2 Å². The maximum absolute atomic E-state index is 12.4. The van der Waals surface area contributed by atoms with Crippen molar-refractivity contribution >= 4 is 11.6 Å². The second-order valence-corrected chi connectivity index (χ2v) is 5.24. The van der Waals surface area contributed by atoms with Crippen LogP contribution in [0, 0.1) is 6.92 Å². The van der Waals surface area contributed by atoms with Gasteiger partial charge in [0.25, 0.3) is 5.91 Å². The normalized spacial score (nSPS) is 10.5. The average Bonchev–Trinajstić information content (AvgIpc) is 3.08. The number of aromatic nitrogens is 2. The lowest BCUT2D eigenvalue weighted by molar-refractivity contribution is 0.102. The Bertz CT molecular complexity index is 825. The molecule has 0 aliphatic carbocycles. The molecule has 2 aromatic carbocycles. The average molecular weight is 307 g/mol. The Balaban J connectivity index is 1.81. The lowest BCUT2D eigenvalue weighted by atomic mass is 10.1. The largest absolute Gasteiger partial charge is 0.392 e. The summed E-state index contributed by atoms with van der Waals surface area (Å²) < 4.78 is 1.66. The highest BCUT2D eigenvalue weighted by molar-refractivity contribution is 6.03. The summed E-state index contributed by atoms with van der Waals surface area (Å²) in [5.74, 6) is -0.280. The van der Waals surface area contributed by atoms with Crippen LogP contribution in [0.5, 0.6) is 0 Å². The molecule has 0 unspecified atom stereocenters. The Morgan fingerprint density at radius 1 is 1.17 bits per heavy atom. The highest BCUT2D eigenvalue weighted by atomic mass is 16.3. The minimum atomic E-state index is -0.280. The third kappa shape index (κ3) is 3.30. The molecular weight excluding hydrogens is 290 g/mol. The third-order valence-corrected chi connectivity index (χ3v) is 3.58. The molecule has 0 fully saturated rings. The minimum Gasteiger partial charge on any atom is -0.392 e. The van der Waals surface area contributed by atoms with E-state index in [9.17, 15) is 9.90 Å². The summed E-state index contributed by atoms with van der Waals surface area (Å²) in [4.78, 5) is 12.4. The predicted octanol–water partition coefficient (Wildman–Crippen LogP) is 2.93. The molecule has 2 N–H and O–H groups in total. The first-order valence-corrected chi connectivity index (χ1v) is 7.30. The highest BCUT2D eigenvalue weighted by Crippen LogP contribution is 2.18.